The molecule has 2 aromatic rings. The number of carbonyl (C=O) groups is 1. The number of rotatable bonds is 3. The third-order valence-corrected chi connectivity index (χ3v) is 4.76. The van der Waals surface area contributed by atoms with Crippen molar-refractivity contribution in [3.63, 3.8) is 0 Å². The average Bonchev–Trinajstić information content (AvgIpc) is 3.08. The monoisotopic (exact) mass is 313 g/mol. The minimum absolute atomic E-state index is 0.00552. The lowest BCUT2D eigenvalue weighted by Crippen LogP contribution is -2.30. The van der Waals surface area contributed by atoms with Gasteiger partial charge in [0, 0.05) is 30.3 Å². The van der Waals surface area contributed by atoms with Crippen LogP contribution in [0.5, 0.6) is 0 Å². The maximum absolute atomic E-state index is 12.8. The molecular formula is C18H23N3O2. The highest BCUT2D eigenvalue weighted by Crippen LogP contribution is 2.24. The summed E-state index contributed by atoms with van der Waals surface area (Å²) in [6.45, 7) is 6.89. The number of β-amino-alcohol motifs (C(OH)–C–C–N with tert-alkyl or cyclic N) is 1. The normalized spacial score (nSPS) is 21.0. The lowest BCUT2D eigenvalue weighted by molar-refractivity contribution is 0.0764. The Morgan fingerprint density at radius 1 is 1.35 bits per heavy atom. The van der Waals surface area contributed by atoms with Gasteiger partial charge in [-0.15, -0.1) is 0 Å². The summed E-state index contributed by atoms with van der Waals surface area (Å²) < 4.78 is 0. The predicted molar refractivity (Wildman–Crippen MR) is 88.3 cm³/mol. The fraction of sp³-hybridized carbons (Fsp3) is 0.444. The Morgan fingerprint density at radius 2 is 2.13 bits per heavy atom. The Morgan fingerprint density at radius 3 is 2.83 bits per heavy atom. The molecule has 23 heavy (non-hydrogen) atoms. The second-order valence-corrected chi connectivity index (χ2v) is 6.53. The zero-order chi connectivity index (χ0) is 16.6. The molecule has 0 bridgehead atoms. The second-order valence-electron chi connectivity index (χ2n) is 6.53. The molecule has 1 aliphatic rings. The Bertz CT molecular complexity index is 723. The van der Waals surface area contributed by atoms with E-state index in [1.54, 1.807) is 4.90 Å². The second kappa shape index (κ2) is 6.16. The highest BCUT2D eigenvalue weighted by Gasteiger charge is 2.35. The number of likely N-dealkylation sites (tertiary alicyclic amines) is 1. The van der Waals surface area contributed by atoms with E-state index in [2.05, 4.69) is 10.2 Å². The van der Waals surface area contributed by atoms with Gasteiger partial charge >= 0.3 is 0 Å². The molecule has 0 saturated carbocycles. The smallest absolute Gasteiger partial charge is 0.254 e. The van der Waals surface area contributed by atoms with Crippen molar-refractivity contribution < 1.29 is 9.90 Å². The number of carbonyl (C=O) groups excluding carboxylic acids is 1. The number of nitrogens with one attached hydrogen (secondary N) is 1. The van der Waals surface area contributed by atoms with E-state index in [0.717, 1.165) is 28.1 Å². The standard InChI is InChI=1S/C18H23N3O2/c1-11-5-4-6-16(13(11)3)18(23)21-9-14(17(22)10-21)8-15-7-12(2)19-20-15/h4-7,14,17,22H,8-10H2,1-3H3,(H,19,20)/t14-,17-/m1/s1. The molecule has 1 fully saturated rings. The van der Waals surface area contributed by atoms with Crippen LogP contribution in [-0.2, 0) is 6.42 Å². The number of amides is 1. The number of aromatic nitrogens is 2. The summed E-state index contributed by atoms with van der Waals surface area (Å²) >= 11 is 0. The summed E-state index contributed by atoms with van der Waals surface area (Å²) in [5.74, 6) is 0.0396. The van der Waals surface area contributed by atoms with Crippen LogP contribution < -0.4 is 0 Å². The van der Waals surface area contributed by atoms with Gasteiger partial charge in [-0.1, -0.05) is 12.1 Å². The molecule has 5 nitrogen and oxygen atoms in total. The highest BCUT2D eigenvalue weighted by atomic mass is 16.3. The molecular weight excluding hydrogens is 290 g/mol. The number of aromatic amines is 1. The van der Waals surface area contributed by atoms with Gasteiger partial charge in [0.2, 0.25) is 0 Å². The SMILES string of the molecule is Cc1cc(C[C@@H]2CN(C(=O)c3cccc(C)c3C)C[C@H]2O)n[nH]1. The Kier molecular flexibility index (Phi) is 4.22. The zero-order valence-corrected chi connectivity index (χ0v) is 13.8. The molecule has 0 unspecified atom stereocenters. The van der Waals surface area contributed by atoms with Gasteiger partial charge in [-0.3, -0.25) is 9.89 Å². The van der Waals surface area contributed by atoms with Crippen molar-refractivity contribution in [1.29, 1.82) is 0 Å². The first kappa shape index (κ1) is 15.7. The number of nitrogens with zero attached hydrogens (tertiary/aromatic N) is 2. The Hall–Kier alpha value is -2.14. The van der Waals surface area contributed by atoms with E-state index in [-0.39, 0.29) is 11.8 Å². The molecule has 0 spiro atoms. The van der Waals surface area contributed by atoms with Crippen molar-refractivity contribution in [2.75, 3.05) is 13.1 Å². The summed E-state index contributed by atoms with van der Waals surface area (Å²) in [6.07, 6.45) is 0.184. The lowest BCUT2D eigenvalue weighted by atomic mass is 10.00. The number of hydrogen-bond donors (Lipinski definition) is 2. The van der Waals surface area contributed by atoms with Crippen LogP contribution in [0.1, 0.15) is 32.9 Å². The molecule has 5 heteroatoms. The van der Waals surface area contributed by atoms with Crippen molar-refractivity contribution in [3.05, 3.63) is 52.3 Å². The van der Waals surface area contributed by atoms with Crippen LogP contribution in [0.2, 0.25) is 0 Å². The quantitative estimate of drug-likeness (QED) is 0.911. The first-order valence-corrected chi connectivity index (χ1v) is 8.00. The van der Waals surface area contributed by atoms with Gasteiger partial charge in [0.05, 0.1) is 11.8 Å². The van der Waals surface area contributed by atoms with Crippen LogP contribution in [0, 0.1) is 26.7 Å². The summed E-state index contributed by atoms with van der Waals surface area (Å²) in [4.78, 5) is 14.5. The summed E-state index contributed by atoms with van der Waals surface area (Å²) in [5, 5.41) is 17.5. The van der Waals surface area contributed by atoms with Crippen molar-refractivity contribution in [1.82, 2.24) is 15.1 Å². The van der Waals surface area contributed by atoms with E-state index in [1.165, 1.54) is 0 Å². The molecule has 3 rings (SSSR count). The highest BCUT2D eigenvalue weighted by molar-refractivity contribution is 5.96. The molecule has 1 aromatic heterocycles. The predicted octanol–water partition coefficient (Wildman–Crippen LogP) is 2.01. The fourth-order valence-electron chi connectivity index (χ4n) is 3.22. The molecule has 1 amide bonds. The molecule has 1 aliphatic heterocycles. The first-order chi connectivity index (χ1) is 11.0. The molecule has 2 N–H and O–H groups in total. The average molecular weight is 313 g/mol. The van der Waals surface area contributed by atoms with Crippen LogP contribution in [0.15, 0.2) is 24.3 Å². The molecule has 2 heterocycles. The molecule has 0 radical (unpaired) electrons. The Labute approximate surface area is 136 Å². The largest absolute Gasteiger partial charge is 0.391 e. The van der Waals surface area contributed by atoms with E-state index < -0.39 is 6.10 Å². The fourth-order valence-corrected chi connectivity index (χ4v) is 3.22. The van der Waals surface area contributed by atoms with Gasteiger partial charge in [-0.2, -0.15) is 5.10 Å². The van der Waals surface area contributed by atoms with Crippen LogP contribution in [0.3, 0.4) is 0 Å². The van der Waals surface area contributed by atoms with E-state index in [4.69, 9.17) is 0 Å². The maximum Gasteiger partial charge on any atom is 0.254 e. The van der Waals surface area contributed by atoms with E-state index in [1.807, 2.05) is 45.0 Å². The minimum Gasteiger partial charge on any atom is -0.391 e. The van der Waals surface area contributed by atoms with Crippen LogP contribution in [0.4, 0.5) is 0 Å². The number of aryl methyl sites for hydroxylation is 2. The molecule has 122 valence electrons. The number of H-pyrrole nitrogens is 1. The van der Waals surface area contributed by atoms with E-state index in [0.29, 0.717) is 19.5 Å². The van der Waals surface area contributed by atoms with Crippen LogP contribution >= 0.6 is 0 Å². The number of benzene rings is 1. The van der Waals surface area contributed by atoms with Gasteiger partial charge in [-0.05, 0) is 50.5 Å². The summed E-state index contributed by atoms with van der Waals surface area (Å²) in [7, 11) is 0. The summed E-state index contributed by atoms with van der Waals surface area (Å²) in [6, 6.07) is 7.77. The van der Waals surface area contributed by atoms with Gasteiger partial charge in [0.1, 0.15) is 0 Å². The van der Waals surface area contributed by atoms with Crippen LogP contribution in [-0.4, -0.2) is 45.3 Å². The van der Waals surface area contributed by atoms with Crippen molar-refractivity contribution >= 4 is 5.91 Å². The number of hydrogen-bond acceptors (Lipinski definition) is 3. The number of aliphatic hydroxyl groups is 1. The van der Waals surface area contributed by atoms with Crippen molar-refractivity contribution in [2.24, 2.45) is 5.92 Å². The van der Waals surface area contributed by atoms with Gasteiger partial charge in [0.15, 0.2) is 0 Å². The van der Waals surface area contributed by atoms with E-state index in [9.17, 15) is 9.90 Å². The molecule has 1 aromatic carbocycles. The third-order valence-electron chi connectivity index (χ3n) is 4.76. The zero-order valence-electron chi connectivity index (χ0n) is 13.8. The molecule has 1 saturated heterocycles. The van der Waals surface area contributed by atoms with Gasteiger partial charge < -0.3 is 10.0 Å². The first-order valence-electron chi connectivity index (χ1n) is 8.00. The lowest BCUT2D eigenvalue weighted by Gasteiger charge is -2.18. The van der Waals surface area contributed by atoms with Gasteiger partial charge in [0.25, 0.3) is 5.91 Å². The Balaban J connectivity index is 1.72. The third kappa shape index (κ3) is 3.15. The van der Waals surface area contributed by atoms with Crippen molar-refractivity contribution in [2.45, 2.75) is 33.3 Å². The topological polar surface area (TPSA) is 69.2 Å². The van der Waals surface area contributed by atoms with Gasteiger partial charge in [-0.25, -0.2) is 0 Å². The van der Waals surface area contributed by atoms with Crippen LogP contribution in [0.25, 0.3) is 0 Å². The number of aliphatic hydroxyl groups excluding tert-OH is 1. The van der Waals surface area contributed by atoms with Crippen molar-refractivity contribution in [3.8, 4) is 0 Å². The molecule has 2 atom stereocenters. The van der Waals surface area contributed by atoms with E-state index >= 15 is 0 Å². The molecule has 0 aliphatic carbocycles. The maximum atomic E-state index is 12.8. The minimum atomic E-state index is -0.499. The summed E-state index contributed by atoms with van der Waals surface area (Å²) in [5.41, 5.74) is 4.80.